The van der Waals surface area contributed by atoms with Gasteiger partial charge in [-0.1, -0.05) is 129 Å². The fourth-order valence-electron chi connectivity index (χ4n) is 6.29. The minimum absolute atomic E-state index is 0.831. The van der Waals surface area contributed by atoms with Crippen molar-refractivity contribution in [3.05, 3.63) is 48.5 Å². The fraction of sp³-hybridized carbons (Fsp3) is 0.700. The smallest absolute Gasteiger partial charge is 0.119 e. The molecule has 44 heavy (non-hydrogen) atoms. The van der Waals surface area contributed by atoms with Crippen molar-refractivity contribution in [2.75, 3.05) is 49.2 Å². The van der Waals surface area contributed by atoms with Crippen LogP contribution in [0, 0.1) is 0 Å². The van der Waals surface area contributed by atoms with Crippen molar-refractivity contribution in [3.8, 4) is 11.5 Å². The average molecular weight is 607 g/mol. The maximum atomic E-state index is 6.03. The summed E-state index contributed by atoms with van der Waals surface area (Å²) in [6.45, 7) is 10.4. The van der Waals surface area contributed by atoms with Gasteiger partial charge in [0, 0.05) is 37.6 Å². The van der Waals surface area contributed by atoms with Gasteiger partial charge in [0.25, 0.3) is 0 Å². The molecule has 3 rings (SSSR count). The molecule has 1 saturated heterocycles. The molecule has 4 nitrogen and oxygen atoms in total. The zero-order valence-electron chi connectivity index (χ0n) is 28.7. The lowest BCUT2D eigenvalue weighted by molar-refractivity contribution is 0.304. The van der Waals surface area contributed by atoms with E-state index in [1.165, 1.54) is 127 Å². The van der Waals surface area contributed by atoms with Crippen LogP contribution in [0.3, 0.4) is 0 Å². The van der Waals surface area contributed by atoms with Crippen LogP contribution in [0.1, 0.15) is 142 Å². The summed E-state index contributed by atoms with van der Waals surface area (Å²) in [5.41, 5.74) is 2.60. The van der Waals surface area contributed by atoms with Crippen molar-refractivity contribution >= 4 is 11.4 Å². The summed E-state index contributed by atoms with van der Waals surface area (Å²) in [7, 11) is 0. The first-order valence-electron chi connectivity index (χ1n) is 18.8. The molecule has 0 bridgehead atoms. The summed E-state index contributed by atoms with van der Waals surface area (Å²) in [5, 5.41) is 0. The molecule has 0 atom stereocenters. The van der Waals surface area contributed by atoms with Gasteiger partial charge in [0.2, 0.25) is 0 Å². The number of benzene rings is 2. The summed E-state index contributed by atoms with van der Waals surface area (Å²) >= 11 is 0. The molecule has 0 amide bonds. The quantitative estimate of drug-likeness (QED) is 0.0995. The van der Waals surface area contributed by atoms with Crippen LogP contribution >= 0.6 is 0 Å². The lowest BCUT2D eigenvalue weighted by Gasteiger charge is -2.37. The summed E-state index contributed by atoms with van der Waals surface area (Å²) in [4.78, 5) is 4.99. The lowest BCUT2D eigenvalue weighted by atomic mass is 10.1. The van der Waals surface area contributed by atoms with Crippen LogP contribution in [0.15, 0.2) is 48.5 Å². The van der Waals surface area contributed by atoms with Crippen LogP contribution < -0.4 is 19.3 Å². The van der Waals surface area contributed by atoms with Crippen LogP contribution in [0.5, 0.6) is 11.5 Å². The van der Waals surface area contributed by atoms with Gasteiger partial charge in [-0.3, -0.25) is 0 Å². The van der Waals surface area contributed by atoms with Gasteiger partial charge in [-0.2, -0.15) is 0 Å². The predicted molar refractivity (Wildman–Crippen MR) is 192 cm³/mol. The van der Waals surface area contributed by atoms with Gasteiger partial charge in [0.1, 0.15) is 11.5 Å². The molecule has 2 aromatic carbocycles. The van der Waals surface area contributed by atoms with E-state index in [-0.39, 0.29) is 0 Å². The minimum atomic E-state index is 0.831. The predicted octanol–water partition coefficient (Wildman–Crippen LogP) is 11.6. The van der Waals surface area contributed by atoms with Crippen LogP contribution in [0.4, 0.5) is 11.4 Å². The molecule has 0 aliphatic carbocycles. The molecule has 1 aliphatic heterocycles. The first-order chi connectivity index (χ1) is 21.8. The number of hydrogen-bond acceptors (Lipinski definition) is 4. The molecule has 0 saturated carbocycles. The summed E-state index contributed by atoms with van der Waals surface area (Å²) in [6, 6.07) is 17.5. The number of unbranched alkanes of at least 4 members (excludes halogenated alkanes) is 18. The van der Waals surface area contributed by atoms with Gasteiger partial charge in [0.15, 0.2) is 0 Å². The number of rotatable bonds is 26. The molecular formula is C40H66N2O2. The number of hydrogen-bond donors (Lipinski definition) is 0. The average Bonchev–Trinajstić information content (AvgIpc) is 3.07. The standard InChI is InChI=1S/C40H66N2O2/c1-3-5-7-9-11-13-15-17-19-21-35-43-39-27-23-37(24-28-39)41-31-33-42(34-32-41)38-25-29-40(30-26-38)44-36-22-20-18-16-14-12-10-8-6-4-2/h23-30H,3-22,31-36H2,1-2H3. The van der Waals surface area contributed by atoms with Gasteiger partial charge < -0.3 is 19.3 Å². The van der Waals surface area contributed by atoms with Gasteiger partial charge in [-0.15, -0.1) is 0 Å². The minimum Gasteiger partial charge on any atom is -0.494 e. The number of piperazine rings is 1. The first-order valence-corrected chi connectivity index (χ1v) is 18.8. The Labute approximate surface area is 271 Å². The van der Waals surface area contributed by atoms with E-state index in [4.69, 9.17) is 9.47 Å². The van der Waals surface area contributed by atoms with E-state index in [9.17, 15) is 0 Å². The normalized spacial score (nSPS) is 13.4. The molecule has 1 heterocycles. The molecule has 0 aromatic heterocycles. The highest BCUT2D eigenvalue weighted by Crippen LogP contribution is 2.25. The summed E-state index contributed by atoms with van der Waals surface area (Å²) in [6.07, 6.45) is 27.2. The van der Waals surface area contributed by atoms with Crippen molar-refractivity contribution in [1.82, 2.24) is 0 Å². The van der Waals surface area contributed by atoms with Crippen molar-refractivity contribution < 1.29 is 9.47 Å². The highest BCUT2D eigenvalue weighted by Gasteiger charge is 2.17. The van der Waals surface area contributed by atoms with Crippen molar-refractivity contribution in [3.63, 3.8) is 0 Å². The molecule has 0 spiro atoms. The maximum absolute atomic E-state index is 6.03. The Morgan fingerprint density at radius 3 is 0.955 bits per heavy atom. The zero-order valence-corrected chi connectivity index (χ0v) is 28.7. The monoisotopic (exact) mass is 607 g/mol. The van der Waals surface area contributed by atoms with E-state index in [1.807, 2.05) is 0 Å². The van der Waals surface area contributed by atoms with E-state index in [0.717, 1.165) is 63.7 Å². The van der Waals surface area contributed by atoms with Gasteiger partial charge >= 0.3 is 0 Å². The third-order valence-electron chi connectivity index (χ3n) is 9.22. The third kappa shape index (κ3) is 15.6. The SMILES string of the molecule is CCCCCCCCCCCCOc1ccc(N2CCN(c3ccc(OCCCCCCCCCCCC)cc3)CC2)cc1. The Bertz CT molecular complexity index is 844. The molecule has 1 fully saturated rings. The molecule has 0 unspecified atom stereocenters. The van der Waals surface area contributed by atoms with E-state index in [2.05, 4.69) is 72.2 Å². The van der Waals surface area contributed by atoms with Crippen LogP contribution in [-0.4, -0.2) is 39.4 Å². The van der Waals surface area contributed by atoms with Crippen molar-refractivity contribution in [2.45, 2.75) is 142 Å². The zero-order chi connectivity index (χ0) is 30.9. The van der Waals surface area contributed by atoms with Crippen molar-refractivity contribution in [1.29, 1.82) is 0 Å². The number of nitrogens with zero attached hydrogens (tertiary/aromatic N) is 2. The highest BCUT2D eigenvalue weighted by atomic mass is 16.5. The molecule has 2 aromatic rings. The second-order valence-electron chi connectivity index (χ2n) is 13.0. The van der Waals surface area contributed by atoms with Crippen molar-refractivity contribution in [2.24, 2.45) is 0 Å². The van der Waals surface area contributed by atoms with Crippen LogP contribution in [-0.2, 0) is 0 Å². The van der Waals surface area contributed by atoms with E-state index in [1.54, 1.807) is 0 Å². The Morgan fingerprint density at radius 2 is 0.659 bits per heavy atom. The molecule has 0 N–H and O–H groups in total. The molecule has 1 aliphatic rings. The Morgan fingerprint density at radius 1 is 0.386 bits per heavy atom. The molecule has 4 heteroatoms. The summed E-state index contributed by atoms with van der Waals surface area (Å²) in [5.74, 6) is 2.00. The second-order valence-corrected chi connectivity index (χ2v) is 13.0. The lowest BCUT2D eigenvalue weighted by Crippen LogP contribution is -2.46. The summed E-state index contributed by atoms with van der Waals surface area (Å²) < 4.78 is 12.1. The topological polar surface area (TPSA) is 24.9 Å². The number of ether oxygens (including phenoxy) is 2. The molecular weight excluding hydrogens is 540 g/mol. The van der Waals surface area contributed by atoms with Crippen LogP contribution in [0.2, 0.25) is 0 Å². The first kappa shape index (κ1) is 36.1. The van der Waals surface area contributed by atoms with Gasteiger partial charge in [-0.25, -0.2) is 0 Å². The van der Waals surface area contributed by atoms with Gasteiger partial charge in [0.05, 0.1) is 13.2 Å². The number of anilines is 2. The van der Waals surface area contributed by atoms with E-state index < -0.39 is 0 Å². The van der Waals surface area contributed by atoms with E-state index >= 15 is 0 Å². The van der Waals surface area contributed by atoms with Crippen LogP contribution in [0.25, 0.3) is 0 Å². The maximum Gasteiger partial charge on any atom is 0.119 e. The Kier molecular flexibility index (Phi) is 19.7. The Hall–Kier alpha value is -2.36. The molecule has 248 valence electrons. The van der Waals surface area contributed by atoms with E-state index in [0.29, 0.717) is 0 Å². The largest absolute Gasteiger partial charge is 0.494 e. The third-order valence-corrected chi connectivity index (χ3v) is 9.22. The Balaban J connectivity index is 1.21. The second kappa shape index (κ2) is 23.9. The highest BCUT2D eigenvalue weighted by molar-refractivity contribution is 5.54. The van der Waals surface area contributed by atoms with Gasteiger partial charge in [-0.05, 0) is 61.4 Å². The fourth-order valence-corrected chi connectivity index (χ4v) is 6.29. The molecule has 0 radical (unpaired) electrons.